The minimum absolute atomic E-state index is 0.0695. The summed E-state index contributed by atoms with van der Waals surface area (Å²) in [6.07, 6.45) is 0. The van der Waals surface area contributed by atoms with Gasteiger partial charge in [-0.1, -0.05) is 12.1 Å². The van der Waals surface area contributed by atoms with Gasteiger partial charge in [-0.15, -0.1) is 11.3 Å². The van der Waals surface area contributed by atoms with E-state index in [0.717, 1.165) is 0 Å². The molecule has 5 nitrogen and oxygen atoms in total. The van der Waals surface area contributed by atoms with E-state index in [-0.39, 0.29) is 11.3 Å². The van der Waals surface area contributed by atoms with Gasteiger partial charge in [-0.2, -0.15) is 0 Å². The molecule has 0 bridgehead atoms. The molecule has 0 spiro atoms. The van der Waals surface area contributed by atoms with Crippen LogP contribution in [0.25, 0.3) is 10.4 Å². The number of hydrogen-bond donors (Lipinski definition) is 1. The quantitative estimate of drug-likeness (QED) is 0.680. The van der Waals surface area contributed by atoms with Crippen molar-refractivity contribution in [1.82, 2.24) is 0 Å². The Morgan fingerprint density at radius 1 is 1.39 bits per heavy atom. The van der Waals surface area contributed by atoms with Crippen molar-refractivity contribution in [3.05, 3.63) is 50.9 Å². The maximum Gasteiger partial charge on any atom is 0.337 e. The number of benzene rings is 1. The zero-order valence-corrected chi connectivity index (χ0v) is 10.2. The average molecular weight is 263 g/mol. The van der Waals surface area contributed by atoms with Crippen LogP contribution in [0.1, 0.15) is 15.9 Å². The Balaban J connectivity index is 2.74. The number of aryl methyl sites for hydroxylation is 1. The van der Waals surface area contributed by atoms with Crippen molar-refractivity contribution in [2.24, 2.45) is 0 Å². The van der Waals surface area contributed by atoms with Crippen LogP contribution in [0, 0.1) is 17.0 Å². The standard InChI is InChI=1S/C12H9NO4S/c1-7-3-2-4-9(13(16)17)10(7)11-8(12(14)15)5-6-18-11/h2-6H,1H3,(H,14,15). The molecule has 0 aliphatic rings. The highest BCUT2D eigenvalue weighted by molar-refractivity contribution is 7.14. The van der Waals surface area contributed by atoms with Gasteiger partial charge >= 0.3 is 5.97 Å². The Morgan fingerprint density at radius 3 is 2.72 bits per heavy atom. The van der Waals surface area contributed by atoms with Gasteiger partial charge in [0.1, 0.15) is 0 Å². The lowest BCUT2D eigenvalue weighted by Crippen LogP contribution is -1.99. The fraction of sp³-hybridized carbons (Fsp3) is 0.0833. The fourth-order valence-corrected chi connectivity index (χ4v) is 2.78. The van der Waals surface area contributed by atoms with Crippen LogP contribution in [0.4, 0.5) is 5.69 Å². The fourth-order valence-electron chi connectivity index (χ4n) is 1.77. The molecular formula is C12H9NO4S. The highest BCUT2D eigenvalue weighted by atomic mass is 32.1. The van der Waals surface area contributed by atoms with E-state index in [9.17, 15) is 14.9 Å². The zero-order valence-electron chi connectivity index (χ0n) is 9.41. The monoisotopic (exact) mass is 263 g/mol. The molecule has 92 valence electrons. The summed E-state index contributed by atoms with van der Waals surface area (Å²) in [6, 6.07) is 6.16. The molecule has 0 aliphatic heterocycles. The largest absolute Gasteiger partial charge is 0.478 e. The minimum atomic E-state index is -1.08. The molecule has 1 aromatic carbocycles. The first-order valence-electron chi connectivity index (χ1n) is 5.07. The molecule has 2 aromatic rings. The Morgan fingerprint density at radius 2 is 2.11 bits per heavy atom. The van der Waals surface area contributed by atoms with Gasteiger partial charge in [0, 0.05) is 6.07 Å². The molecule has 0 saturated carbocycles. The predicted octanol–water partition coefficient (Wildman–Crippen LogP) is 3.33. The first-order chi connectivity index (χ1) is 8.52. The van der Waals surface area contributed by atoms with E-state index >= 15 is 0 Å². The Labute approximate surface area is 106 Å². The molecule has 18 heavy (non-hydrogen) atoms. The van der Waals surface area contributed by atoms with Crippen molar-refractivity contribution < 1.29 is 14.8 Å². The lowest BCUT2D eigenvalue weighted by molar-refractivity contribution is -0.384. The molecule has 0 fully saturated rings. The van der Waals surface area contributed by atoms with E-state index in [0.29, 0.717) is 16.0 Å². The number of carboxylic acids is 1. The van der Waals surface area contributed by atoms with Crippen LogP contribution >= 0.6 is 11.3 Å². The van der Waals surface area contributed by atoms with Crippen LogP contribution in [-0.4, -0.2) is 16.0 Å². The third-order valence-corrected chi connectivity index (χ3v) is 3.50. The molecule has 0 unspecified atom stereocenters. The maximum atomic E-state index is 11.1. The van der Waals surface area contributed by atoms with Crippen molar-refractivity contribution in [1.29, 1.82) is 0 Å². The first-order valence-corrected chi connectivity index (χ1v) is 5.95. The topological polar surface area (TPSA) is 80.4 Å². The summed E-state index contributed by atoms with van der Waals surface area (Å²) in [7, 11) is 0. The van der Waals surface area contributed by atoms with Crippen LogP contribution in [-0.2, 0) is 0 Å². The highest BCUT2D eigenvalue weighted by Crippen LogP contribution is 2.38. The maximum absolute atomic E-state index is 11.1. The van der Waals surface area contributed by atoms with Crippen molar-refractivity contribution in [2.45, 2.75) is 6.92 Å². The summed E-state index contributed by atoms with van der Waals surface area (Å²) in [5, 5.41) is 21.7. The number of thiophene rings is 1. The second kappa shape index (κ2) is 4.58. The van der Waals surface area contributed by atoms with Crippen molar-refractivity contribution >= 4 is 23.0 Å². The Kier molecular flexibility index (Phi) is 3.12. The molecule has 2 rings (SSSR count). The predicted molar refractivity (Wildman–Crippen MR) is 68.1 cm³/mol. The van der Waals surface area contributed by atoms with E-state index in [1.165, 1.54) is 23.5 Å². The van der Waals surface area contributed by atoms with Crippen molar-refractivity contribution in [3.63, 3.8) is 0 Å². The lowest BCUT2D eigenvalue weighted by Gasteiger charge is -2.05. The van der Waals surface area contributed by atoms with E-state index in [1.54, 1.807) is 24.4 Å². The number of carbonyl (C=O) groups is 1. The molecule has 6 heteroatoms. The third kappa shape index (κ3) is 1.98. The number of rotatable bonds is 3. The summed E-state index contributed by atoms with van der Waals surface area (Å²) >= 11 is 1.19. The molecule has 1 heterocycles. The summed E-state index contributed by atoms with van der Waals surface area (Å²) < 4.78 is 0. The Hall–Kier alpha value is -2.21. The molecule has 0 amide bonds. The van der Waals surface area contributed by atoms with Gasteiger partial charge in [-0.25, -0.2) is 4.79 Å². The summed E-state index contributed by atoms with van der Waals surface area (Å²) in [4.78, 5) is 22.0. The van der Waals surface area contributed by atoms with Gasteiger partial charge in [0.2, 0.25) is 0 Å². The second-order valence-corrected chi connectivity index (χ2v) is 4.61. The second-order valence-electron chi connectivity index (χ2n) is 3.69. The molecule has 1 aromatic heterocycles. The van der Waals surface area contributed by atoms with Gasteiger partial charge in [0.25, 0.3) is 5.69 Å². The number of hydrogen-bond acceptors (Lipinski definition) is 4. The van der Waals surface area contributed by atoms with Gasteiger partial charge in [0.15, 0.2) is 0 Å². The smallest absolute Gasteiger partial charge is 0.337 e. The SMILES string of the molecule is Cc1cccc([N+](=O)[O-])c1-c1sccc1C(=O)O. The summed E-state index contributed by atoms with van der Waals surface area (Å²) in [5.74, 6) is -1.08. The van der Waals surface area contributed by atoms with Crippen LogP contribution in [0.15, 0.2) is 29.6 Å². The molecule has 0 saturated heterocycles. The van der Waals surface area contributed by atoms with E-state index in [1.807, 2.05) is 0 Å². The molecule has 0 radical (unpaired) electrons. The normalized spacial score (nSPS) is 10.3. The molecule has 1 N–H and O–H groups in total. The Bertz CT molecular complexity index is 633. The van der Waals surface area contributed by atoms with Crippen LogP contribution < -0.4 is 0 Å². The van der Waals surface area contributed by atoms with Crippen LogP contribution in [0.3, 0.4) is 0 Å². The van der Waals surface area contributed by atoms with E-state index in [2.05, 4.69) is 0 Å². The average Bonchev–Trinajstić information content (AvgIpc) is 2.77. The number of nitro groups is 1. The van der Waals surface area contributed by atoms with Crippen molar-refractivity contribution in [3.8, 4) is 10.4 Å². The first kappa shape index (κ1) is 12.3. The number of nitrogens with zero attached hydrogens (tertiary/aromatic N) is 1. The lowest BCUT2D eigenvalue weighted by atomic mass is 10.0. The third-order valence-electron chi connectivity index (χ3n) is 2.57. The molecular weight excluding hydrogens is 254 g/mol. The van der Waals surface area contributed by atoms with Gasteiger partial charge in [0.05, 0.1) is 20.9 Å². The van der Waals surface area contributed by atoms with Crippen LogP contribution in [0.5, 0.6) is 0 Å². The molecule has 0 atom stereocenters. The number of carboxylic acid groups (broad SMARTS) is 1. The number of nitro benzene ring substituents is 1. The zero-order chi connectivity index (χ0) is 13.3. The van der Waals surface area contributed by atoms with E-state index < -0.39 is 10.9 Å². The summed E-state index contributed by atoms with van der Waals surface area (Å²) in [6.45, 7) is 1.73. The minimum Gasteiger partial charge on any atom is -0.478 e. The van der Waals surface area contributed by atoms with Crippen molar-refractivity contribution in [2.75, 3.05) is 0 Å². The van der Waals surface area contributed by atoms with E-state index in [4.69, 9.17) is 5.11 Å². The molecule has 0 aliphatic carbocycles. The highest BCUT2D eigenvalue weighted by Gasteiger charge is 2.23. The van der Waals surface area contributed by atoms with Gasteiger partial charge in [-0.3, -0.25) is 10.1 Å². The van der Waals surface area contributed by atoms with Crippen LogP contribution in [0.2, 0.25) is 0 Å². The van der Waals surface area contributed by atoms with Gasteiger partial charge < -0.3 is 5.11 Å². The summed E-state index contributed by atoms with van der Waals surface area (Å²) in [5.41, 5.74) is 1.10. The van der Waals surface area contributed by atoms with Gasteiger partial charge in [-0.05, 0) is 23.9 Å². The number of aromatic carboxylic acids is 1.